The van der Waals surface area contributed by atoms with Crippen molar-refractivity contribution in [2.75, 3.05) is 6.61 Å². The molecule has 0 aromatic rings. The van der Waals surface area contributed by atoms with Crippen molar-refractivity contribution in [2.45, 2.75) is 116 Å². The highest BCUT2D eigenvalue weighted by molar-refractivity contribution is 5.66. The first kappa shape index (κ1) is 21.2. The maximum absolute atomic E-state index is 11.7. The predicted molar refractivity (Wildman–Crippen MR) is 116 cm³/mol. The van der Waals surface area contributed by atoms with Crippen LogP contribution in [-0.4, -0.2) is 31.1 Å². The molecule has 0 amide bonds. The molecule has 1 saturated heterocycles. The zero-order valence-corrected chi connectivity index (χ0v) is 19.4. The number of carbonyl (C=O) groups excluding carboxylic acids is 1. The van der Waals surface area contributed by atoms with Gasteiger partial charge in [0.15, 0.2) is 6.29 Å². The van der Waals surface area contributed by atoms with Crippen molar-refractivity contribution in [2.24, 2.45) is 34.5 Å². The Kier molecular flexibility index (Phi) is 5.71. The Labute approximate surface area is 182 Å². The standard InChI is InChI=1S/C26H42O4/c1-17(27)29-23-10-9-21-20-8-7-18-16-19(30-24-6-4-5-15-28-24)11-13-25(18,2)22(20)12-14-26(21,23)3/h18-24H,4-16H2,1-3H3/t18-,19-,20+,21-,22+,23-,24+,25-,26-/m0/s1. The van der Waals surface area contributed by atoms with E-state index in [1.165, 1.54) is 64.2 Å². The summed E-state index contributed by atoms with van der Waals surface area (Å²) in [7, 11) is 0. The number of hydrogen-bond acceptors (Lipinski definition) is 4. The van der Waals surface area contributed by atoms with Gasteiger partial charge >= 0.3 is 5.97 Å². The van der Waals surface area contributed by atoms with Crippen molar-refractivity contribution in [3.05, 3.63) is 0 Å². The molecule has 1 heterocycles. The zero-order chi connectivity index (χ0) is 20.9. The van der Waals surface area contributed by atoms with Gasteiger partial charge in [-0.1, -0.05) is 13.8 Å². The van der Waals surface area contributed by atoms with E-state index in [4.69, 9.17) is 14.2 Å². The number of ether oxygens (including phenoxy) is 3. The SMILES string of the molecule is CC(=O)O[C@H]1CC[C@H]2[C@H]3CC[C@H]4C[C@@H](O[C@@H]5CCCCO5)CC[C@]4(C)[C@@H]3CC[C@]12C. The third kappa shape index (κ3) is 3.54. The Morgan fingerprint density at radius 2 is 1.70 bits per heavy atom. The lowest BCUT2D eigenvalue weighted by Gasteiger charge is -2.61. The molecule has 4 nitrogen and oxygen atoms in total. The highest BCUT2D eigenvalue weighted by Crippen LogP contribution is 2.66. The summed E-state index contributed by atoms with van der Waals surface area (Å²) >= 11 is 0. The van der Waals surface area contributed by atoms with Gasteiger partial charge in [-0.05, 0) is 106 Å². The van der Waals surface area contributed by atoms with Crippen LogP contribution in [-0.2, 0) is 19.0 Å². The van der Waals surface area contributed by atoms with Gasteiger partial charge in [-0.3, -0.25) is 4.79 Å². The predicted octanol–water partition coefficient (Wildman–Crippen LogP) is 5.87. The van der Waals surface area contributed by atoms with Gasteiger partial charge in [0.25, 0.3) is 0 Å². The lowest BCUT2D eigenvalue weighted by atomic mass is 9.45. The summed E-state index contributed by atoms with van der Waals surface area (Å²) in [5.74, 6) is 3.11. The largest absolute Gasteiger partial charge is 0.462 e. The van der Waals surface area contributed by atoms with Crippen LogP contribution in [0.1, 0.15) is 97.8 Å². The lowest BCUT2D eigenvalue weighted by Crippen LogP contribution is -2.55. The summed E-state index contributed by atoms with van der Waals surface area (Å²) in [6, 6.07) is 0. The molecule has 0 radical (unpaired) electrons. The number of hydrogen-bond donors (Lipinski definition) is 0. The van der Waals surface area contributed by atoms with Crippen LogP contribution >= 0.6 is 0 Å². The Bertz CT molecular complexity index is 643. The second-order valence-corrected chi connectivity index (χ2v) is 11.7. The fourth-order valence-electron chi connectivity index (χ4n) is 8.72. The highest BCUT2D eigenvalue weighted by Gasteiger charge is 2.61. The van der Waals surface area contributed by atoms with E-state index in [2.05, 4.69) is 13.8 Å². The Morgan fingerprint density at radius 1 is 0.900 bits per heavy atom. The van der Waals surface area contributed by atoms with E-state index in [0.29, 0.717) is 11.5 Å². The summed E-state index contributed by atoms with van der Waals surface area (Å²) < 4.78 is 18.1. The Hall–Kier alpha value is -0.610. The maximum Gasteiger partial charge on any atom is 0.302 e. The molecule has 0 aromatic carbocycles. The molecule has 0 unspecified atom stereocenters. The van der Waals surface area contributed by atoms with E-state index in [1.54, 1.807) is 6.92 Å². The van der Waals surface area contributed by atoms with Crippen LogP contribution in [0.2, 0.25) is 0 Å². The molecule has 5 rings (SSSR count). The smallest absolute Gasteiger partial charge is 0.302 e. The third-order valence-electron chi connectivity index (χ3n) is 10.3. The molecule has 1 aliphatic heterocycles. The van der Waals surface area contributed by atoms with E-state index in [1.807, 2.05) is 0 Å². The van der Waals surface area contributed by atoms with Crippen molar-refractivity contribution in [3.8, 4) is 0 Å². The van der Waals surface area contributed by atoms with Crippen LogP contribution in [0.5, 0.6) is 0 Å². The molecule has 4 aliphatic carbocycles. The monoisotopic (exact) mass is 418 g/mol. The number of rotatable bonds is 3. The van der Waals surface area contributed by atoms with Crippen LogP contribution in [0, 0.1) is 34.5 Å². The molecule has 5 aliphatic rings. The molecule has 9 atom stereocenters. The van der Waals surface area contributed by atoms with Crippen molar-refractivity contribution < 1.29 is 19.0 Å². The van der Waals surface area contributed by atoms with Gasteiger partial charge in [-0.15, -0.1) is 0 Å². The molecular weight excluding hydrogens is 376 g/mol. The van der Waals surface area contributed by atoms with E-state index < -0.39 is 0 Å². The van der Waals surface area contributed by atoms with Gasteiger partial charge in [0, 0.05) is 18.9 Å². The molecule has 30 heavy (non-hydrogen) atoms. The molecule has 5 fully saturated rings. The van der Waals surface area contributed by atoms with Crippen LogP contribution in [0.4, 0.5) is 0 Å². The van der Waals surface area contributed by atoms with Gasteiger partial charge in [0.1, 0.15) is 6.10 Å². The van der Waals surface area contributed by atoms with Crippen LogP contribution in [0.15, 0.2) is 0 Å². The topological polar surface area (TPSA) is 44.8 Å². The summed E-state index contributed by atoms with van der Waals surface area (Å²) in [6.07, 6.45) is 15.4. The molecule has 0 bridgehead atoms. The van der Waals surface area contributed by atoms with Gasteiger partial charge in [0.2, 0.25) is 0 Å². The normalized spacial score (nSPS) is 50.8. The molecule has 0 spiro atoms. The van der Waals surface area contributed by atoms with Crippen LogP contribution in [0.3, 0.4) is 0 Å². The van der Waals surface area contributed by atoms with Crippen LogP contribution < -0.4 is 0 Å². The first-order chi connectivity index (χ1) is 14.4. The van der Waals surface area contributed by atoms with Crippen molar-refractivity contribution in [1.82, 2.24) is 0 Å². The van der Waals surface area contributed by atoms with E-state index in [-0.39, 0.29) is 23.8 Å². The average molecular weight is 419 g/mol. The summed E-state index contributed by atoms with van der Waals surface area (Å²) in [6.45, 7) is 7.49. The molecule has 0 aromatic heterocycles. The Balaban J connectivity index is 1.26. The molecule has 0 N–H and O–H groups in total. The fourth-order valence-corrected chi connectivity index (χ4v) is 8.72. The molecule has 4 heteroatoms. The fraction of sp³-hybridized carbons (Fsp3) is 0.962. The number of esters is 1. The van der Waals surface area contributed by atoms with Crippen molar-refractivity contribution in [1.29, 1.82) is 0 Å². The number of carbonyl (C=O) groups is 1. The lowest BCUT2D eigenvalue weighted by molar-refractivity contribution is -0.212. The quantitative estimate of drug-likeness (QED) is 0.424. The second kappa shape index (κ2) is 8.06. The van der Waals surface area contributed by atoms with E-state index >= 15 is 0 Å². The van der Waals surface area contributed by atoms with E-state index in [9.17, 15) is 4.79 Å². The summed E-state index contributed by atoms with van der Waals surface area (Å²) in [5.41, 5.74) is 0.672. The third-order valence-corrected chi connectivity index (χ3v) is 10.3. The van der Waals surface area contributed by atoms with Gasteiger partial charge in [-0.25, -0.2) is 0 Å². The summed E-state index contributed by atoms with van der Waals surface area (Å²) in [5, 5.41) is 0. The first-order valence-electron chi connectivity index (χ1n) is 12.8. The minimum Gasteiger partial charge on any atom is -0.462 e. The first-order valence-corrected chi connectivity index (χ1v) is 12.8. The minimum absolute atomic E-state index is 0.0523. The minimum atomic E-state index is -0.0973. The maximum atomic E-state index is 11.7. The zero-order valence-electron chi connectivity index (χ0n) is 19.4. The Morgan fingerprint density at radius 3 is 2.47 bits per heavy atom. The molecular formula is C26H42O4. The molecule has 170 valence electrons. The van der Waals surface area contributed by atoms with Gasteiger partial charge < -0.3 is 14.2 Å². The van der Waals surface area contributed by atoms with E-state index in [0.717, 1.165) is 43.1 Å². The van der Waals surface area contributed by atoms with Gasteiger partial charge in [0.05, 0.1) is 6.10 Å². The average Bonchev–Trinajstić information content (AvgIpc) is 3.05. The van der Waals surface area contributed by atoms with Crippen molar-refractivity contribution in [3.63, 3.8) is 0 Å². The van der Waals surface area contributed by atoms with Gasteiger partial charge in [-0.2, -0.15) is 0 Å². The van der Waals surface area contributed by atoms with Crippen molar-refractivity contribution >= 4 is 5.97 Å². The highest BCUT2D eigenvalue weighted by atomic mass is 16.7. The summed E-state index contributed by atoms with van der Waals surface area (Å²) in [4.78, 5) is 11.7. The number of fused-ring (bicyclic) bond motifs is 5. The van der Waals surface area contributed by atoms with Crippen LogP contribution in [0.25, 0.3) is 0 Å². The molecule has 4 saturated carbocycles. The second-order valence-electron chi connectivity index (χ2n) is 11.7.